The number of carboxylic acids is 1. The van der Waals surface area contributed by atoms with E-state index >= 15 is 0 Å². The highest BCUT2D eigenvalue weighted by atomic mass is 32.2. The first-order valence-electron chi connectivity index (χ1n) is 8.19. The van der Waals surface area contributed by atoms with E-state index in [-0.39, 0.29) is 10.6 Å². The first-order valence-corrected chi connectivity index (χ1v) is 9.68. The molecule has 0 spiro atoms. The van der Waals surface area contributed by atoms with Crippen molar-refractivity contribution in [1.29, 1.82) is 0 Å². The number of carboxylic acid groups (broad SMARTS) is 1. The third kappa shape index (κ3) is 3.04. The largest absolute Gasteiger partial charge is 0.477 e. The summed E-state index contributed by atoms with van der Waals surface area (Å²) in [6.45, 7) is 0. The first-order chi connectivity index (χ1) is 13.4. The van der Waals surface area contributed by atoms with Crippen molar-refractivity contribution in [2.24, 2.45) is 0 Å². The number of pyridine rings is 2. The molecule has 4 rings (SSSR count). The first kappa shape index (κ1) is 17.9. The van der Waals surface area contributed by atoms with Gasteiger partial charge >= 0.3 is 5.97 Å². The summed E-state index contributed by atoms with van der Waals surface area (Å²) in [5.41, 5.74) is 0.928. The highest BCUT2D eigenvalue weighted by Gasteiger charge is 2.16. The van der Waals surface area contributed by atoms with Gasteiger partial charge in [0, 0.05) is 34.2 Å². The van der Waals surface area contributed by atoms with Gasteiger partial charge in [0.05, 0.1) is 4.90 Å². The third-order valence-electron chi connectivity index (χ3n) is 4.29. The van der Waals surface area contributed by atoms with Gasteiger partial charge in [0.25, 0.3) is 0 Å². The second kappa shape index (κ2) is 6.59. The summed E-state index contributed by atoms with van der Waals surface area (Å²) in [5, 5.41) is 14.4. The van der Waals surface area contributed by atoms with E-state index in [4.69, 9.17) is 0 Å². The van der Waals surface area contributed by atoms with Crippen LogP contribution in [0.15, 0.2) is 53.7 Å². The minimum Gasteiger partial charge on any atom is -0.477 e. The van der Waals surface area contributed by atoms with Crippen molar-refractivity contribution in [3.63, 3.8) is 0 Å². The standard InChI is InChI=1S/C18H15N5O4S/c1-19-28(26,27)11-4-2-3-10(7-11)21-16-12-5-6-20-9-14(12)13-8-15(18(24)25)22-17(13)23-16/h2-9,19H,1H3,(H,24,25)(H2,21,22,23). The van der Waals surface area contributed by atoms with E-state index < -0.39 is 16.0 Å². The number of anilines is 2. The summed E-state index contributed by atoms with van der Waals surface area (Å²) in [7, 11) is -2.24. The molecule has 9 nitrogen and oxygen atoms in total. The topological polar surface area (TPSA) is 137 Å². The van der Waals surface area contributed by atoms with Crippen molar-refractivity contribution in [2.75, 3.05) is 12.4 Å². The SMILES string of the molecule is CNS(=O)(=O)c1cccc(Nc2nc3[nH]c(C(=O)O)cc3c3cnccc23)c1. The molecular formula is C18H15N5O4S. The Balaban J connectivity index is 1.87. The Morgan fingerprint density at radius 3 is 2.71 bits per heavy atom. The van der Waals surface area contributed by atoms with Crippen molar-refractivity contribution in [3.8, 4) is 0 Å². The molecule has 28 heavy (non-hydrogen) atoms. The molecule has 3 heterocycles. The Hall–Kier alpha value is -3.50. The minimum atomic E-state index is -3.59. The molecule has 0 aliphatic rings. The van der Waals surface area contributed by atoms with E-state index in [0.717, 1.165) is 10.8 Å². The Kier molecular flexibility index (Phi) is 4.21. The molecule has 0 atom stereocenters. The number of sulfonamides is 1. The number of rotatable bonds is 5. The van der Waals surface area contributed by atoms with Crippen LogP contribution >= 0.6 is 0 Å². The number of aromatic carboxylic acids is 1. The average molecular weight is 397 g/mol. The van der Waals surface area contributed by atoms with Crippen LogP contribution in [0, 0.1) is 0 Å². The molecule has 0 saturated carbocycles. The lowest BCUT2D eigenvalue weighted by molar-refractivity contribution is 0.0691. The average Bonchev–Trinajstić information content (AvgIpc) is 3.13. The van der Waals surface area contributed by atoms with Crippen LogP contribution in [0.5, 0.6) is 0 Å². The highest BCUT2D eigenvalue weighted by molar-refractivity contribution is 7.89. The number of aromatic amines is 1. The molecule has 0 bridgehead atoms. The molecule has 3 aromatic heterocycles. The third-order valence-corrected chi connectivity index (χ3v) is 5.71. The van der Waals surface area contributed by atoms with Gasteiger partial charge in [-0.3, -0.25) is 4.98 Å². The second-order valence-corrected chi connectivity index (χ2v) is 7.88. The van der Waals surface area contributed by atoms with E-state index in [1.54, 1.807) is 30.6 Å². The number of hydrogen-bond acceptors (Lipinski definition) is 6. The van der Waals surface area contributed by atoms with Crippen molar-refractivity contribution in [1.82, 2.24) is 19.7 Å². The highest BCUT2D eigenvalue weighted by Crippen LogP contribution is 2.31. The lowest BCUT2D eigenvalue weighted by atomic mass is 10.1. The van der Waals surface area contributed by atoms with Crippen LogP contribution in [-0.4, -0.2) is 41.5 Å². The fourth-order valence-corrected chi connectivity index (χ4v) is 3.71. The summed E-state index contributed by atoms with van der Waals surface area (Å²) in [4.78, 5) is 22.8. The summed E-state index contributed by atoms with van der Waals surface area (Å²) in [6.07, 6.45) is 3.24. The smallest absolute Gasteiger partial charge is 0.352 e. The van der Waals surface area contributed by atoms with Crippen LogP contribution in [0.2, 0.25) is 0 Å². The van der Waals surface area contributed by atoms with Gasteiger partial charge in [-0.05, 0) is 37.4 Å². The van der Waals surface area contributed by atoms with Gasteiger partial charge < -0.3 is 15.4 Å². The van der Waals surface area contributed by atoms with Gasteiger partial charge in [0.1, 0.15) is 17.2 Å². The lowest BCUT2D eigenvalue weighted by Gasteiger charge is -2.11. The molecule has 142 valence electrons. The molecule has 1 aromatic carbocycles. The normalized spacial score (nSPS) is 11.8. The maximum Gasteiger partial charge on any atom is 0.352 e. The van der Waals surface area contributed by atoms with E-state index in [0.29, 0.717) is 22.5 Å². The number of carbonyl (C=O) groups is 1. The van der Waals surface area contributed by atoms with E-state index in [1.165, 1.54) is 25.2 Å². The number of H-pyrrole nitrogens is 1. The molecule has 4 N–H and O–H groups in total. The Morgan fingerprint density at radius 1 is 1.14 bits per heavy atom. The van der Waals surface area contributed by atoms with Crippen LogP contribution < -0.4 is 10.0 Å². The molecule has 0 fully saturated rings. The zero-order valence-electron chi connectivity index (χ0n) is 14.6. The molecule has 0 radical (unpaired) electrons. The molecule has 4 aromatic rings. The van der Waals surface area contributed by atoms with E-state index in [2.05, 4.69) is 25.0 Å². The van der Waals surface area contributed by atoms with Crippen LogP contribution in [-0.2, 0) is 10.0 Å². The van der Waals surface area contributed by atoms with Gasteiger partial charge in [0.2, 0.25) is 10.0 Å². The predicted octanol–water partition coefficient (Wildman–Crippen LogP) is 2.46. The van der Waals surface area contributed by atoms with Gasteiger partial charge in [0.15, 0.2) is 0 Å². The van der Waals surface area contributed by atoms with Crippen LogP contribution in [0.1, 0.15) is 10.5 Å². The monoisotopic (exact) mass is 397 g/mol. The number of nitrogens with zero attached hydrogens (tertiary/aromatic N) is 2. The van der Waals surface area contributed by atoms with Gasteiger partial charge in [-0.2, -0.15) is 0 Å². The quantitative estimate of drug-likeness (QED) is 0.406. The number of aromatic nitrogens is 3. The fraction of sp³-hybridized carbons (Fsp3) is 0.0556. The zero-order valence-corrected chi connectivity index (χ0v) is 15.4. The Labute approximate surface area is 159 Å². The predicted molar refractivity (Wildman–Crippen MR) is 104 cm³/mol. The summed E-state index contributed by atoms with van der Waals surface area (Å²) in [6, 6.07) is 9.57. The maximum atomic E-state index is 12.0. The molecule has 0 unspecified atom stereocenters. The molecule has 0 amide bonds. The number of nitrogens with one attached hydrogen (secondary N) is 3. The summed E-state index contributed by atoms with van der Waals surface area (Å²) < 4.78 is 26.3. The molecule has 10 heteroatoms. The van der Waals surface area contributed by atoms with Gasteiger partial charge in [-0.25, -0.2) is 22.9 Å². The molecule has 0 saturated heterocycles. The minimum absolute atomic E-state index is 0.0203. The van der Waals surface area contributed by atoms with Crippen molar-refractivity contribution < 1.29 is 18.3 Å². The second-order valence-electron chi connectivity index (χ2n) is 5.99. The molecule has 0 aliphatic carbocycles. The van der Waals surface area contributed by atoms with Crippen LogP contribution in [0.4, 0.5) is 11.5 Å². The zero-order chi connectivity index (χ0) is 19.9. The fourth-order valence-electron chi connectivity index (χ4n) is 2.93. The Morgan fingerprint density at radius 2 is 1.96 bits per heavy atom. The molecular weight excluding hydrogens is 382 g/mol. The van der Waals surface area contributed by atoms with Crippen LogP contribution in [0.25, 0.3) is 21.8 Å². The summed E-state index contributed by atoms with van der Waals surface area (Å²) in [5.74, 6) is -0.641. The Bertz CT molecular complexity index is 1330. The van der Waals surface area contributed by atoms with Crippen molar-refractivity contribution in [3.05, 3.63) is 54.5 Å². The number of fused-ring (bicyclic) bond motifs is 3. The van der Waals surface area contributed by atoms with Gasteiger partial charge in [-0.1, -0.05) is 6.07 Å². The maximum absolute atomic E-state index is 12.0. The van der Waals surface area contributed by atoms with Crippen molar-refractivity contribution >= 4 is 49.3 Å². The van der Waals surface area contributed by atoms with Crippen LogP contribution in [0.3, 0.4) is 0 Å². The van der Waals surface area contributed by atoms with Crippen molar-refractivity contribution in [2.45, 2.75) is 4.90 Å². The van der Waals surface area contributed by atoms with Gasteiger partial charge in [-0.15, -0.1) is 0 Å². The van der Waals surface area contributed by atoms with E-state index in [9.17, 15) is 18.3 Å². The lowest BCUT2D eigenvalue weighted by Crippen LogP contribution is -2.18. The number of hydrogen-bond donors (Lipinski definition) is 4. The molecule has 0 aliphatic heterocycles. The summed E-state index contributed by atoms with van der Waals surface area (Å²) >= 11 is 0. The van der Waals surface area contributed by atoms with E-state index in [1.807, 2.05) is 0 Å². The number of benzene rings is 1.